The van der Waals surface area contributed by atoms with E-state index in [1.54, 1.807) is 4.57 Å². The molecule has 4 rings (SSSR count). The molecule has 0 aliphatic heterocycles. The molecule has 10 nitrogen and oxygen atoms in total. The summed E-state index contributed by atoms with van der Waals surface area (Å²) in [5, 5.41) is 21.6. The van der Waals surface area contributed by atoms with Crippen molar-refractivity contribution in [3.63, 3.8) is 0 Å². The Morgan fingerprint density at radius 1 is 1.31 bits per heavy atom. The number of nitrogens with zero attached hydrogens (tertiary/aromatic N) is 4. The highest BCUT2D eigenvalue weighted by atomic mass is 35.5. The first-order valence-electron chi connectivity index (χ1n) is 9.31. The first-order valence-corrected chi connectivity index (χ1v) is 12.2. The fraction of sp³-hybridized carbons (Fsp3) is 0.688. The summed E-state index contributed by atoms with van der Waals surface area (Å²) in [5.74, 6) is 0.0952. The average Bonchev–Trinajstić information content (AvgIpc) is 3.16. The molecule has 5 atom stereocenters. The molecule has 2 aromatic heterocycles. The number of imidazole rings is 1. The molecule has 2 aromatic rings. The highest BCUT2D eigenvalue weighted by Crippen LogP contribution is 2.69. The number of halogens is 1. The number of anilines is 1. The molecule has 2 aliphatic carbocycles. The maximum absolute atomic E-state index is 10.8. The third-order valence-corrected chi connectivity index (χ3v) is 8.37. The molecule has 2 fully saturated rings. The van der Waals surface area contributed by atoms with Crippen LogP contribution < -0.4 is 5.73 Å². The highest BCUT2D eigenvalue weighted by molar-refractivity contribution is 8.07. The van der Waals surface area contributed by atoms with E-state index in [9.17, 15) is 10.2 Å². The second-order valence-corrected chi connectivity index (χ2v) is 10.6. The third kappa shape index (κ3) is 3.47. The molecule has 4 N–H and O–H groups in total. The van der Waals surface area contributed by atoms with Crippen LogP contribution in [0.3, 0.4) is 0 Å². The number of aromatic nitrogens is 4. The minimum Gasteiger partial charge on any atom is -0.390 e. The largest absolute Gasteiger partial charge is 0.390 e. The lowest BCUT2D eigenvalue weighted by molar-refractivity contribution is -0.0295. The summed E-state index contributed by atoms with van der Waals surface area (Å²) < 4.78 is 18.6. The van der Waals surface area contributed by atoms with Crippen LogP contribution in [0.25, 0.3) is 11.2 Å². The van der Waals surface area contributed by atoms with Gasteiger partial charge in [0.1, 0.15) is 11.6 Å². The van der Waals surface area contributed by atoms with Gasteiger partial charge in [0.05, 0.1) is 38.3 Å². The number of aliphatic hydroxyl groups excluding tert-OH is 2. The van der Waals surface area contributed by atoms with E-state index in [-0.39, 0.29) is 23.6 Å². The minimum atomic E-state index is -2.90. The number of hydrogen-bond acceptors (Lipinski definition) is 10. The fourth-order valence-electron chi connectivity index (χ4n) is 4.28. The molecule has 2 heterocycles. The Labute approximate surface area is 177 Å². The van der Waals surface area contributed by atoms with Gasteiger partial charge in [-0.25, -0.2) is 4.98 Å². The number of hydrogen-bond donors (Lipinski definition) is 3. The molecule has 160 valence electrons. The van der Waals surface area contributed by atoms with Gasteiger partial charge in [0.2, 0.25) is 5.28 Å². The molecule has 2 saturated carbocycles. The molecule has 13 heteroatoms. The predicted octanol–water partition coefficient (Wildman–Crippen LogP) is 1.66. The summed E-state index contributed by atoms with van der Waals surface area (Å²) in [4.78, 5) is 12.4. The van der Waals surface area contributed by atoms with Crippen molar-refractivity contribution in [2.75, 3.05) is 25.6 Å². The fourth-order valence-corrected chi connectivity index (χ4v) is 6.50. The molecular formula is C16H23ClN5O5PS. The molecule has 0 amide bonds. The molecule has 2 aliphatic rings. The standard InChI is InChI=1S/C16H23ClN5O5PS/c1-3-25-28(29,26-4-2)27-6-16-5-8(16)10(11(23)12(16)24)22-7-19-9-13(18)20-15(17)21-14(9)22/h7-8,10-12,23-24H,3-6H2,1-2H3,(H2,18,20,21)/t8-,10-,11+,12+,16-/m1/s1. The average molecular weight is 464 g/mol. The number of nitrogen functional groups attached to an aromatic ring is 1. The van der Waals surface area contributed by atoms with Crippen LogP contribution in [-0.4, -0.2) is 61.8 Å². The van der Waals surface area contributed by atoms with Gasteiger partial charge in [-0.2, -0.15) is 9.97 Å². The summed E-state index contributed by atoms with van der Waals surface area (Å²) in [6, 6.07) is -0.457. The molecule has 0 bridgehead atoms. The first kappa shape index (κ1) is 21.3. The van der Waals surface area contributed by atoms with Gasteiger partial charge in [-0.05, 0) is 49.6 Å². The zero-order valence-corrected chi connectivity index (χ0v) is 18.4. The quantitative estimate of drug-likeness (QED) is 0.391. The summed E-state index contributed by atoms with van der Waals surface area (Å²) >= 11 is 11.4. The second-order valence-electron chi connectivity index (χ2n) is 7.23. The van der Waals surface area contributed by atoms with E-state index in [2.05, 4.69) is 15.0 Å². The van der Waals surface area contributed by atoms with E-state index in [1.807, 2.05) is 13.8 Å². The zero-order valence-electron chi connectivity index (χ0n) is 15.9. The Morgan fingerprint density at radius 3 is 2.66 bits per heavy atom. The number of nitrogens with two attached hydrogens (primary N) is 1. The Hall–Kier alpha value is -0.910. The zero-order chi connectivity index (χ0) is 21.0. The summed E-state index contributed by atoms with van der Waals surface area (Å²) in [6.07, 6.45) is 0.141. The van der Waals surface area contributed by atoms with E-state index < -0.39 is 30.4 Å². The van der Waals surface area contributed by atoms with E-state index in [0.29, 0.717) is 30.8 Å². The van der Waals surface area contributed by atoms with Crippen LogP contribution in [0.15, 0.2) is 6.33 Å². The van der Waals surface area contributed by atoms with Crippen molar-refractivity contribution in [3.8, 4) is 0 Å². The molecule has 29 heavy (non-hydrogen) atoms. The van der Waals surface area contributed by atoms with Gasteiger partial charge in [0.15, 0.2) is 11.5 Å². The van der Waals surface area contributed by atoms with Crippen LogP contribution in [0.4, 0.5) is 5.82 Å². The van der Waals surface area contributed by atoms with Crippen molar-refractivity contribution in [1.82, 2.24) is 19.5 Å². The highest BCUT2D eigenvalue weighted by Gasteiger charge is 2.72. The third-order valence-electron chi connectivity index (χ3n) is 5.66. The molecule has 0 unspecified atom stereocenters. The maximum atomic E-state index is 10.8. The van der Waals surface area contributed by atoms with Crippen molar-refractivity contribution in [2.45, 2.75) is 38.5 Å². The van der Waals surface area contributed by atoms with Crippen LogP contribution in [0.1, 0.15) is 26.3 Å². The summed E-state index contributed by atoms with van der Waals surface area (Å²) in [7, 11) is 0. The van der Waals surface area contributed by atoms with Gasteiger partial charge in [0, 0.05) is 5.41 Å². The Balaban J connectivity index is 1.60. The van der Waals surface area contributed by atoms with Crippen molar-refractivity contribution < 1.29 is 23.8 Å². The van der Waals surface area contributed by atoms with Gasteiger partial charge in [-0.15, -0.1) is 0 Å². The Bertz CT molecular complexity index is 969. The van der Waals surface area contributed by atoms with Gasteiger partial charge < -0.3 is 34.1 Å². The lowest BCUT2D eigenvalue weighted by Gasteiger charge is -2.26. The normalized spacial score (nSPS) is 31.3. The van der Waals surface area contributed by atoms with Crippen LogP contribution in [0.5, 0.6) is 0 Å². The van der Waals surface area contributed by atoms with Crippen molar-refractivity contribution in [1.29, 1.82) is 0 Å². The molecular weight excluding hydrogens is 441 g/mol. The molecule has 0 radical (unpaired) electrons. The van der Waals surface area contributed by atoms with Crippen LogP contribution >= 0.6 is 18.3 Å². The molecule has 0 aromatic carbocycles. The number of aliphatic hydroxyl groups is 2. The van der Waals surface area contributed by atoms with Crippen molar-refractivity contribution in [2.24, 2.45) is 11.3 Å². The molecule has 0 saturated heterocycles. The molecule has 0 spiro atoms. The number of fused-ring (bicyclic) bond motifs is 2. The first-order chi connectivity index (χ1) is 13.8. The van der Waals surface area contributed by atoms with E-state index in [0.717, 1.165) is 0 Å². The van der Waals surface area contributed by atoms with Crippen LogP contribution in [0, 0.1) is 11.3 Å². The monoisotopic (exact) mass is 463 g/mol. The SMILES string of the molecule is CCOP(=S)(OCC)OC[C@]12C[C@@H]1[C@@H](n1cnc3c(N)nc(Cl)nc31)[C@H](O)[C@@H]2O. The van der Waals surface area contributed by atoms with Crippen molar-refractivity contribution in [3.05, 3.63) is 11.6 Å². The summed E-state index contributed by atoms with van der Waals surface area (Å²) in [5.41, 5.74) is 6.05. The number of rotatable bonds is 8. The van der Waals surface area contributed by atoms with E-state index in [1.165, 1.54) is 6.33 Å². The predicted molar refractivity (Wildman–Crippen MR) is 110 cm³/mol. The van der Waals surface area contributed by atoms with Gasteiger partial charge in [-0.3, -0.25) is 0 Å². The maximum Gasteiger partial charge on any atom is 0.327 e. The van der Waals surface area contributed by atoms with Crippen LogP contribution in [-0.2, 0) is 25.4 Å². The lowest BCUT2D eigenvalue weighted by atomic mass is 10.0. The summed E-state index contributed by atoms with van der Waals surface area (Å²) in [6.45, 7) is 1.59. The lowest BCUT2D eigenvalue weighted by Crippen LogP contribution is -2.36. The minimum absolute atomic E-state index is 0.00991. The van der Waals surface area contributed by atoms with E-state index in [4.69, 9.17) is 42.7 Å². The van der Waals surface area contributed by atoms with Crippen LogP contribution in [0.2, 0.25) is 5.28 Å². The van der Waals surface area contributed by atoms with Crippen molar-refractivity contribution >= 4 is 47.1 Å². The van der Waals surface area contributed by atoms with E-state index >= 15 is 0 Å². The smallest absolute Gasteiger partial charge is 0.327 e. The Morgan fingerprint density at radius 2 is 2.00 bits per heavy atom. The van der Waals surface area contributed by atoms with Gasteiger partial charge in [-0.1, -0.05) is 0 Å². The second kappa shape index (κ2) is 7.65. The van der Waals surface area contributed by atoms with Gasteiger partial charge in [0.25, 0.3) is 0 Å². The van der Waals surface area contributed by atoms with Gasteiger partial charge >= 0.3 is 6.72 Å². The Kier molecular flexibility index (Phi) is 5.63. The topological polar surface area (TPSA) is 138 Å².